The van der Waals surface area contributed by atoms with Gasteiger partial charge in [-0.3, -0.25) is 0 Å². The summed E-state index contributed by atoms with van der Waals surface area (Å²) in [6.07, 6.45) is 0. The van der Waals surface area contributed by atoms with Gasteiger partial charge in [-0.2, -0.15) is 0 Å². The van der Waals surface area contributed by atoms with Crippen molar-refractivity contribution in [3.8, 4) is 0 Å². The third-order valence-corrected chi connectivity index (χ3v) is 5.04. The van der Waals surface area contributed by atoms with Crippen molar-refractivity contribution >= 4 is 9.84 Å². The molecule has 102 valence electrons. The Kier molecular flexibility index (Phi) is 4.93. The van der Waals surface area contributed by atoms with Crippen LogP contribution < -0.4 is 5.73 Å². The molecule has 0 heterocycles. The summed E-state index contributed by atoms with van der Waals surface area (Å²) in [5.74, 6) is 0.815. The highest BCUT2D eigenvalue weighted by atomic mass is 32.2. The quantitative estimate of drug-likeness (QED) is 0.893. The van der Waals surface area contributed by atoms with E-state index in [9.17, 15) is 8.42 Å². The Labute approximate surface area is 110 Å². The van der Waals surface area contributed by atoms with Crippen LogP contribution in [0.3, 0.4) is 0 Å². The van der Waals surface area contributed by atoms with Crippen LogP contribution in [0, 0.1) is 5.92 Å². The van der Waals surface area contributed by atoms with E-state index in [0.717, 1.165) is 5.56 Å². The zero-order chi connectivity index (χ0) is 13.9. The number of rotatable bonds is 5. The predicted octanol–water partition coefficient (Wildman–Crippen LogP) is 2.57. The van der Waals surface area contributed by atoms with Crippen molar-refractivity contribution < 1.29 is 8.42 Å². The second-order valence-corrected chi connectivity index (χ2v) is 7.38. The number of benzene rings is 1. The van der Waals surface area contributed by atoms with Gasteiger partial charge in [0.05, 0.1) is 10.6 Å². The summed E-state index contributed by atoms with van der Waals surface area (Å²) in [5, 5.41) is 0. The first-order chi connectivity index (χ1) is 8.29. The molecule has 0 aliphatic heterocycles. The highest BCUT2D eigenvalue weighted by Crippen LogP contribution is 2.27. The molecular formula is C14H23NO2S. The second-order valence-electron chi connectivity index (χ2n) is 5.10. The minimum absolute atomic E-state index is 0.0543. The second kappa shape index (κ2) is 5.85. The summed E-state index contributed by atoms with van der Waals surface area (Å²) < 4.78 is 23.5. The predicted molar refractivity (Wildman–Crippen MR) is 75.4 cm³/mol. The molecule has 0 radical (unpaired) electrons. The molecule has 1 aromatic carbocycles. The van der Waals surface area contributed by atoms with Crippen LogP contribution >= 0.6 is 0 Å². The Hall–Kier alpha value is -0.870. The normalized spacial score (nSPS) is 15.7. The molecule has 2 atom stereocenters. The van der Waals surface area contributed by atoms with Crippen molar-refractivity contribution in [2.45, 2.75) is 44.6 Å². The van der Waals surface area contributed by atoms with Crippen molar-refractivity contribution in [3.63, 3.8) is 0 Å². The molecule has 0 bridgehead atoms. The smallest absolute Gasteiger partial charge is 0.178 e. The van der Waals surface area contributed by atoms with Crippen molar-refractivity contribution in [3.05, 3.63) is 29.8 Å². The average molecular weight is 269 g/mol. The van der Waals surface area contributed by atoms with Crippen LogP contribution in [0.5, 0.6) is 0 Å². The Morgan fingerprint density at radius 1 is 1.11 bits per heavy atom. The van der Waals surface area contributed by atoms with E-state index in [2.05, 4.69) is 13.8 Å². The number of hydrogen-bond donors (Lipinski definition) is 1. The molecule has 0 aromatic heterocycles. The summed E-state index contributed by atoms with van der Waals surface area (Å²) in [5.41, 5.74) is 7.11. The SMILES string of the molecule is CCS(=O)(=O)c1ccc(C(C(C)C)C(C)N)cc1. The van der Waals surface area contributed by atoms with Crippen LogP contribution in [0.4, 0.5) is 0 Å². The molecular weight excluding hydrogens is 246 g/mol. The van der Waals surface area contributed by atoms with Crippen molar-refractivity contribution in [1.82, 2.24) is 0 Å². The van der Waals surface area contributed by atoms with E-state index in [1.165, 1.54) is 0 Å². The first-order valence-electron chi connectivity index (χ1n) is 6.38. The molecule has 0 saturated carbocycles. The highest BCUT2D eigenvalue weighted by Gasteiger charge is 2.20. The van der Waals surface area contributed by atoms with Crippen LogP contribution in [-0.2, 0) is 9.84 Å². The molecule has 0 aliphatic carbocycles. The highest BCUT2D eigenvalue weighted by molar-refractivity contribution is 7.91. The van der Waals surface area contributed by atoms with Gasteiger partial charge in [0.2, 0.25) is 0 Å². The lowest BCUT2D eigenvalue weighted by molar-refractivity contribution is 0.435. The van der Waals surface area contributed by atoms with Crippen LogP contribution in [0.25, 0.3) is 0 Å². The molecule has 0 aliphatic rings. The zero-order valence-corrected chi connectivity index (χ0v) is 12.4. The number of nitrogens with two attached hydrogens (primary N) is 1. The van der Waals surface area contributed by atoms with Gasteiger partial charge in [0.15, 0.2) is 9.84 Å². The van der Waals surface area contributed by atoms with Gasteiger partial charge in [0.1, 0.15) is 0 Å². The lowest BCUT2D eigenvalue weighted by Crippen LogP contribution is -2.28. The van der Waals surface area contributed by atoms with Gasteiger partial charge in [0.25, 0.3) is 0 Å². The lowest BCUT2D eigenvalue weighted by atomic mass is 9.83. The largest absolute Gasteiger partial charge is 0.327 e. The fourth-order valence-electron chi connectivity index (χ4n) is 2.36. The van der Waals surface area contributed by atoms with E-state index >= 15 is 0 Å². The third-order valence-electron chi connectivity index (χ3n) is 3.29. The standard InChI is InChI=1S/C14H23NO2S/c1-5-18(16,17)13-8-6-12(7-9-13)14(10(2)3)11(4)15/h6-11,14H,5,15H2,1-4H3. The van der Waals surface area contributed by atoms with Crippen molar-refractivity contribution in [1.29, 1.82) is 0 Å². The molecule has 4 heteroatoms. The van der Waals surface area contributed by atoms with Crippen LogP contribution in [0.2, 0.25) is 0 Å². The molecule has 3 nitrogen and oxygen atoms in total. The number of sulfone groups is 1. The summed E-state index contributed by atoms with van der Waals surface area (Å²) >= 11 is 0. The molecule has 2 N–H and O–H groups in total. The first kappa shape index (κ1) is 15.2. The summed E-state index contributed by atoms with van der Waals surface area (Å²) in [6, 6.07) is 7.20. The summed E-state index contributed by atoms with van der Waals surface area (Å²) in [4.78, 5) is 0.390. The van der Waals surface area contributed by atoms with Crippen LogP contribution in [0.15, 0.2) is 29.2 Å². The van der Waals surface area contributed by atoms with E-state index < -0.39 is 9.84 Å². The first-order valence-corrected chi connectivity index (χ1v) is 8.03. The van der Waals surface area contributed by atoms with E-state index in [4.69, 9.17) is 5.73 Å². The minimum Gasteiger partial charge on any atom is -0.327 e. The van der Waals surface area contributed by atoms with Gasteiger partial charge in [-0.1, -0.05) is 32.9 Å². The Balaban J connectivity index is 3.09. The monoisotopic (exact) mass is 269 g/mol. The van der Waals surface area contributed by atoms with Crippen molar-refractivity contribution in [2.75, 3.05) is 5.75 Å². The topological polar surface area (TPSA) is 60.2 Å². The Morgan fingerprint density at radius 2 is 1.61 bits per heavy atom. The fraction of sp³-hybridized carbons (Fsp3) is 0.571. The van der Waals surface area contributed by atoms with Gasteiger partial charge in [0, 0.05) is 12.0 Å². The maximum absolute atomic E-state index is 11.7. The zero-order valence-electron chi connectivity index (χ0n) is 11.6. The van der Waals surface area contributed by atoms with Gasteiger partial charge >= 0.3 is 0 Å². The van der Waals surface area contributed by atoms with Gasteiger partial charge in [-0.05, 0) is 30.5 Å². The average Bonchev–Trinajstić information content (AvgIpc) is 2.29. The van der Waals surface area contributed by atoms with E-state index in [0.29, 0.717) is 10.8 Å². The minimum atomic E-state index is -3.11. The molecule has 2 unspecified atom stereocenters. The summed E-state index contributed by atoms with van der Waals surface area (Å²) in [6.45, 7) is 7.90. The van der Waals surface area contributed by atoms with Crippen LogP contribution in [-0.4, -0.2) is 20.2 Å². The van der Waals surface area contributed by atoms with Gasteiger partial charge in [-0.25, -0.2) is 8.42 Å². The third kappa shape index (κ3) is 3.33. The van der Waals surface area contributed by atoms with E-state index in [1.54, 1.807) is 19.1 Å². The maximum atomic E-state index is 11.7. The number of hydrogen-bond acceptors (Lipinski definition) is 3. The molecule has 0 amide bonds. The molecule has 0 spiro atoms. The molecule has 1 aromatic rings. The Morgan fingerprint density at radius 3 is 1.94 bits per heavy atom. The molecule has 0 fully saturated rings. The van der Waals surface area contributed by atoms with Crippen LogP contribution in [0.1, 0.15) is 39.2 Å². The lowest BCUT2D eigenvalue weighted by Gasteiger charge is -2.25. The van der Waals surface area contributed by atoms with Gasteiger partial charge in [-0.15, -0.1) is 0 Å². The van der Waals surface area contributed by atoms with E-state index in [1.807, 2.05) is 19.1 Å². The fourth-order valence-corrected chi connectivity index (χ4v) is 3.24. The molecule has 18 heavy (non-hydrogen) atoms. The summed E-state index contributed by atoms with van der Waals surface area (Å²) in [7, 11) is -3.11. The Bertz CT molecular complexity index is 467. The van der Waals surface area contributed by atoms with E-state index in [-0.39, 0.29) is 17.7 Å². The van der Waals surface area contributed by atoms with Crippen molar-refractivity contribution in [2.24, 2.45) is 11.7 Å². The molecule has 1 rings (SSSR count). The maximum Gasteiger partial charge on any atom is 0.178 e. The molecule has 0 saturated heterocycles. The van der Waals surface area contributed by atoms with Gasteiger partial charge < -0.3 is 5.73 Å².